The molecular formula is C22H23BrN2O2. The van der Waals surface area contributed by atoms with Crippen LogP contribution in [0.25, 0.3) is 6.08 Å². The first kappa shape index (κ1) is 20.7. The number of hydrogen-bond donors (Lipinski definition) is 1. The predicted octanol–water partition coefficient (Wildman–Crippen LogP) is 5.83. The lowest BCUT2D eigenvalue weighted by atomic mass is 9.95. The van der Waals surface area contributed by atoms with Gasteiger partial charge >= 0.3 is 0 Å². The van der Waals surface area contributed by atoms with E-state index in [-0.39, 0.29) is 11.5 Å². The smallest absolute Gasteiger partial charge is 0.266 e. The molecule has 2 aromatic carbocycles. The highest BCUT2D eigenvalue weighted by Gasteiger charge is 2.14. The molecule has 0 unspecified atom stereocenters. The van der Waals surface area contributed by atoms with Crippen LogP contribution in [0.2, 0.25) is 0 Å². The van der Waals surface area contributed by atoms with Crippen molar-refractivity contribution >= 4 is 33.6 Å². The van der Waals surface area contributed by atoms with Gasteiger partial charge < -0.3 is 10.1 Å². The summed E-state index contributed by atoms with van der Waals surface area (Å²) in [5.74, 6) is 0.676. The Hall–Kier alpha value is -2.58. The van der Waals surface area contributed by atoms with E-state index in [1.165, 1.54) is 0 Å². The summed E-state index contributed by atoms with van der Waals surface area (Å²) in [6.07, 6.45) is 1.63. The monoisotopic (exact) mass is 426 g/mol. The Bertz CT molecular complexity index is 911. The number of nitrogens with zero attached hydrogens (tertiary/aromatic N) is 1. The van der Waals surface area contributed by atoms with Crippen molar-refractivity contribution in [3.63, 3.8) is 0 Å². The first-order valence-corrected chi connectivity index (χ1v) is 9.61. The number of amides is 1. The minimum atomic E-state index is -0.435. The molecular weight excluding hydrogens is 404 g/mol. The molecule has 0 spiro atoms. The van der Waals surface area contributed by atoms with E-state index in [2.05, 4.69) is 35.1 Å². The second-order valence-electron chi connectivity index (χ2n) is 6.47. The van der Waals surface area contributed by atoms with Crippen LogP contribution in [-0.2, 0) is 4.79 Å². The maximum absolute atomic E-state index is 12.5. The summed E-state index contributed by atoms with van der Waals surface area (Å²) in [5, 5.41) is 12.2. The zero-order chi connectivity index (χ0) is 20.0. The van der Waals surface area contributed by atoms with Crippen LogP contribution >= 0.6 is 15.9 Å². The number of rotatable bonds is 6. The fraction of sp³-hybridized carbons (Fsp3) is 0.273. The third-order valence-corrected chi connectivity index (χ3v) is 4.56. The van der Waals surface area contributed by atoms with Crippen LogP contribution < -0.4 is 10.1 Å². The van der Waals surface area contributed by atoms with E-state index in [0.717, 1.165) is 26.9 Å². The Morgan fingerprint density at radius 2 is 2.07 bits per heavy atom. The van der Waals surface area contributed by atoms with Crippen LogP contribution in [-0.4, -0.2) is 12.5 Å². The first-order valence-electron chi connectivity index (χ1n) is 8.81. The standard InChI is InChI=1S/C22H23BrN2O2/c1-5-27-21-9-15(4)16(11-20(21)14(2)3)10-17(13-24)22(26)25-19-8-6-7-18(23)12-19/h6-12,14H,5H2,1-4H3,(H,25,26)/b17-10+. The van der Waals surface area contributed by atoms with Gasteiger partial charge in [-0.05, 0) is 72.9 Å². The second kappa shape index (κ2) is 9.38. The summed E-state index contributed by atoms with van der Waals surface area (Å²) in [6, 6.07) is 13.2. The van der Waals surface area contributed by atoms with Gasteiger partial charge in [-0.1, -0.05) is 35.8 Å². The van der Waals surface area contributed by atoms with E-state index in [1.807, 2.05) is 44.2 Å². The highest BCUT2D eigenvalue weighted by molar-refractivity contribution is 9.10. The van der Waals surface area contributed by atoms with E-state index < -0.39 is 5.91 Å². The molecule has 1 amide bonds. The van der Waals surface area contributed by atoms with Crippen molar-refractivity contribution < 1.29 is 9.53 Å². The van der Waals surface area contributed by atoms with Crippen molar-refractivity contribution in [1.82, 2.24) is 0 Å². The molecule has 0 heterocycles. The van der Waals surface area contributed by atoms with Crippen LogP contribution in [0.1, 0.15) is 43.4 Å². The van der Waals surface area contributed by atoms with Gasteiger partial charge in [0.25, 0.3) is 5.91 Å². The van der Waals surface area contributed by atoms with Crippen LogP contribution in [0.4, 0.5) is 5.69 Å². The molecule has 5 heteroatoms. The maximum Gasteiger partial charge on any atom is 0.266 e. The average Bonchev–Trinajstić information content (AvgIpc) is 2.61. The summed E-state index contributed by atoms with van der Waals surface area (Å²) in [6.45, 7) is 8.66. The van der Waals surface area contributed by atoms with Gasteiger partial charge in [0, 0.05) is 10.2 Å². The molecule has 4 nitrogen and oxygen atoms in total. The number of nitriles is 1. The zero-order valence-electron chi connectivity index (χ0n) is 16.0. The predicted molar refractivity (Wildman–Crippen MR) is 113 cm³/mol. The summed E-state index contributed by atoms with van der Waals surface area (Å²) in [7, 11) is 0. The molecule has 2 rings (SSSR count). The van der Waals surface area contributed by atoms with Gasteiger partial charge in [0.05, 0.1) is 6.61 Å². The molecule has 0 aliphatic carbocycles. The number of carbonyl (C=O) groups excluding carboxylic acids is 1. The van der Waals surface area contributed by atoms with Crippen LogP contribution in [0.15, 0.2) is 46.4 Å². The van der Waals surface area contributed by atoms with E-state index in [1.54, 1.807) is 18.2 Å². The summed E-state index contributed by atoms with van der Waals surface area (Å²) in [5.41, 5.74) is 3.52. The average molecular weight is 427 g/mol. The lowest BCUT2D eigenvalue weighted by molar-refractivity contribution is -0.112. The van der Waals surface area contributed by atoms with Gasteiger partial charge in [-0.2, -0.15) is 5.26 Å². The topological polar surface area (TPSA) is 62.1 Å². The molecule has 0 saturated carbocycles. The number of ether oxygens (including phenoxy) is 1. The van der Waals surface area contributed by atoms with Gasteiger partial charge in [-0.3, -0.25) is 4.79 Å². The molecule has 0 fully saturated rings. The Morgan fingerprint density at radius 1 is 1.33 bits per heavy atom. The highest BCUT2D eigenvalue weighted by atomic mass is 79.9. The van der Waals surface area contributed by atoms with Crippen molar-refractivity contribution in [3.05, 3.63) is 63.1 Å². The van der Waals surface area contributed by atoms with Gasteiger partial charge in [0.15, 0.2) is 0 Å². The SMILES string of the molecule is CCOc1cc(C)c(/C=C(\C#N)C(=O)Nc2cccc(Br)c2)cc1C(C)C. The van der Waals surface area contributed by atoms with Crippen molar-refractivity contribution in [2.24, 2.45) is 0 Å². The number of nitrogens with one attached hydrogen (secondary N) is 1. The number of halogens is 1. The summed E-state index contributed by atoms with van der Waals surface area (Å²) >= 11 is 3.37. The molecule has 0 aliphatic heterocycles. The molecule has 0 aliphatic rings. The summed E-state index contributed by atoms with van der Waals surface area (Å²) in [4.78, 5) is 12.5. The lowest BCUT2D eigenvalue weighted by Crippen LogP contribution is -2.13. The van der Waals surface area contributed by atoms with E-state index in [4.69, 9.17) is 4.74 Å². The zero-order valence-corrected chi connectivity index (χ0v) is 17.6. The molecule has 0 bridgehead atoms. The molecule has 27 heavy (non-hydrogen) atoms. The largest absolute Gasteiger partial charge is 0.494 e. The normalized spacial score (nSPS) is 11.2. The minimum absolute atomic E-state index is 0.0527. The third kappa shape index (κ3) is 5.45. The molecule has 0 aromatic heterocycles. The second-order valence-corrected chi connectivity index (χ2v) is 7.38. The van der Waals surface area contributed by atoms with Crippen LogP contribution in [0.3, 0.4) is 0 Å². The number of aryl methyl sites for hydroxylation is 1. The van der Waals surface area contributed by atoms with E-state index in [0.29, 0.717) is 12.3 Å². The molecule has 1 N–H and O–H groups in total. The lowest BCUT2D eigenvalue weighted by Gasteiger charge is -2.16. The molecule has 0 radical (unpaired) electrons. The number of anilines is 1. The Morgan fingerprint density at radius 3 is 2.67 bits per heavy atom. The third-order valence-electron chi connectivity index (χ3n) is 4.07. The van der Waals surface area contributed by atoms with Crippen molar-refractivity contribution in [3.8, 4) is 11.8 Å². The number of carbonyl (C=O) groups is 1. The fourth-order valence-electron chi connectivity index (χ4n) is 2.67. The molecule has 2 aromatic rings. The quantitative estimate of drug-likeness (QED) is 0.466. The molecule has 140 valence electrons. The van der Waals surface area contributed by atoms with Crippen LogP contribution in [0.5, 0.6) is 5.75 Å². The van der Waals surface area contributed by atoms with Gasteiger partial charge in [0.1, 0.15) is 17.4 Å². The Balaban J connectivity index is 2.37. The van der Waals surface area contributed by atoms with E-state index in [9.17, 15) is 10.1 Å². The van der Waals surface area contributed by atoms with Gasteiger partial charge in [-0.15, -0.1) is 0 Å². The first-order chi connectivity index (χ1) is 12.8. The molecule has 0 saturated heterocycles. The van der Waals surface area contributed by atoms with Crippen molar-refractivity contribution in [1.29, 1.82) is 5.26 Å². The number of hydrogen-bond acceptors (Lipinski definition) is 3. The van der Waals surface area contributed by atoms with Gasteiger partial charge in [-0.25, -0.2) is 0 Å². The number of benzene rings is 2. The van der Waals surface area contributed by atoms with E-state index >= 15 is 0 Å². The van der Waals surface area contributed by atoms with Gasteiger partial charge in [0.2, 0.25) is 0 Å². The molecule has 0 atom stereocenters. The van der Waals surface area contributed by atoms with Crippen LogP contribution in [0, 0.1) is 18.3 Å². The summed E-state index contributed by atoms with van der Waals surface area (Å²) < 4.78 is 6.59. The minimum Gasteiger partial charge on any atom is -0.494 e. The van der Waals surface area contributed by atoms with Crippen molar-refractivity contribution in [2.75, 3.05) is 11.9 Å². The highest BCUT2D eigenvalue weighted by Crippen LogP contribution is 2.31. The maximum atomic E-state index is 12.5. The fourth-order valence-corrected chi connectivity index (χ4v) is 3.07. The Labute approximate surface area is 169 Å². The van der Waals surface area contributed by atoms with Crippen molar-refractivity contribution in [2.45, 2.75) is 33.6 Å². The Kier molecular flexibility index (Phi) is 7.20.